The van der Waals surface area contributed by atoms with Crippen LogP contribution in [-0.2, 0) is 5.75 Å². The second-order valence-corrected chi connectivity index (χ2v) is 5.56. The van der Waals surface area contributed by atoms with Crippen LogP contribution >= 0.6 is 11.8 Å². The van der Waals surface area contributed by atoms with Gasteiger partial charge in [-0.15, -0.1) is 11.8 Å². The zero-order chi connectivity index (χ0) is 14.7. The molecule has 0 spiro atoms. The van der Waals surface area contributed by atoms with Crippen LogP contribution in [0.2, 0.25) is 0 Å². The molecule has 0 fully saturated rings. The zero-order valence-electron chi connectivity index (χ0n) is 11.1. The Morgan fingerprint density at radius 2 is 2.00 bits per heavy atom. The Labute approximate surface area is 125 Å². The van der Waals surface area contributed by atoms with Crippen LogP contribution in [0.5, 0.6) is 0 Å². The first kappa shape index (κ1) is 13.6. The largest absolute Gasteiger partial charge is 0.309 e. The van der Waals surface area contributed by atoms with E-state index in [-0.39, 0.29) is 5.56 Å². The molecule has 0 unspecified atom stereocenters. The smallest absolute Gasteiger partial charge is 0.258 e. The van der Waals surface area contributed by atoms with Crippen LogP contribution in [-0.4, -0.2) is 16.3 Å². The maximum atomic E-state index is 12.0. The Morgan fingerprint density at radius 1 is 1.14 bits per heavy atom. The van der Waals surface area contributed by atoms with Gasteiger partial charge in [0.05, 0.1) is 16.7 Å². The first-order valence-electron chi connectivity index (χ1n) is 6.42. The van der Waals surface area contributed by atoms with E-state index in [1.807, 2.05) is 36.4 Å². The van der Waals surface area contributed by atoms with Gasteiger partial charge in [-0.25, -0.2) is 4.98 Å². The van der Waals surface area contributed by atoms with E-state index in [4.69, 9.17) is 0 Å². The highest BCUT2D eigenvalue weighted by molar-refractivity contribution is 7.98. The van der Waals surface area contributed by atoms with E-state index >= 15 is 0 Å². The third kappa shape index (κ3) is 3.03. The molecule has 21 heavy (non-hydrogen) atoms. The minimum absolute atomic E-state index is 0.127. The van der Waals surface area contributed by atoms with E-state index < -0.39 is 0 Å². The molecule has 0 amide bonds. The SMILES string of the molecule is O=Cc1cccc(SCc2nc3ccccc3c(=O)[nH]2)c1. The molecule has 0 saturated carbocycles. The number of H-pyrrole nitrogens is 1. The van der Waals surface area contributed by atoms with Gasteiger partial charge >= 0.3 is 0 Å². The second-order valence-electron chi connectivity index (χ2n) is 4.51. The van der Waals surface area contributed by atoms with Crippen molar-refractivity contribution in [3.05, 3.63) is 70.3 Å². The van der Waals surface area contributed by atoms with Gasteiger partial charge in [0.25, 0.3) is 5.56 Å². The van der Waals surface area contributed by atoms with Crippen molar-refractivity contribution in [2.75, 3.05) is 0 Å². The van der Waals surface area contributed by atoms with Crippen molar-refractivity contribution in [1.82, 2.24) is 9.97 Å². The number of hydrogen-bond acceptors (Lipinski definition) is 4. The molecule has 0 atom stereocenters. The van der Waals surface area contributed by atoms with Gasteiger partial charge in [-0.05, 0) is 24.3 Å². The van der Waals surface area contributed by atoms with E-state index in [0.29, 0.717) is 28.0 Å². The standard InChI is InChI=1S/C16H12N2O2S/c19-9-11-4-3-5-12(8-11)21-10-15-17-14-7-2-1-6-13(14)16(20)18-15/h1-9H,10H2,(H,17,18,20). The minimum Gasteiger partial charge on any atom is -0.309 e. The van der Waals surface area contributed by atoms with Crippen LogP contribution in [0.1, 0.15) is 16.2 Å². The van der Waals surface area contributed by atoms with Crippen LogP contribution in [0.3, 0.4) is 0 Å². The highest BCUT2D eigenvalue weighted by atomic mass is 32.2. The number of para-hydroxylation sites is 1. The second kappa shape index (κ2) is 5.93. The molecular weight excluding hydrogens is 284 g/mol. The van der Waals surface area contributed by atoms with E-state index in [2.05, 4.69) is 9.97 Å². The van der Waals surface area contributed by atoms with Crippen molar-refractivity contribution in [3.8, 4) is 0 Å². The number of aromatic nitrogens is 2. The average Bonchev–Trinajstić information content (AvgIpc) is 2.53. The van der Waals surface area contributed by atoms with Crippen molar-refractivity contribution in [2.45, 2.75) is 10.6 Å². The van der Waals surface area contributed by atoms with E-state index in [1.165, 1.54) is 11.8 Å². The fraction of sp³-hybridized carbons (Fsp3) is 0.0625. The highest BCUT2D eigenvalue weighted by Crippen LogP contribution is 2.22. The van der Waals surface area contributed by atoms with Gasteiger partial charge in [0.2, 0.25) is 0 Å². The number of benzene rings is 2. The maximum Gasteiger partial charge on any atom is 0.258 e. The van der Waals surface area contributed by atoms with Gasteiger partial charge in [0.1, 0.15) is 12.1 Å². The molecule has 0 radical (unpaired) electrons. The predicted octanol–water partition coefficient (Wildman–Crippen LogP) is 3.03. The normalized spacial score (nSPS) is 10.7. The molecule has 1 aromatic heterocycles. The summed E-state index contributed by atoms with van der Waals surface area (Å²) < 4.78 is 0. The molecule has 0 saturated heterocycles. The molecule has 104 valence electrons. The Kier molecular flexibility index (Phi) is 3.83. The quantitative estimate of drug-likeness (QED) is 0.594. The van der Waals surface area contributed by atoms with Gasteiger partial charge in [-0.1, -0.05) is 24.3 Å². The number of aromatic amines is 1. The predicted molar refractivity (Wildman–Crippen MR) is 83.8 cm³/mol. The fourth-order valence-electron chi connectivity index (χ4n) is 2.03. The number of nitrogens with one attached hydrogen (secondary N) is 1. The Hall–Kier alpha value is -2.40. The lowest BCUT2D eigenvalue weighted by Gasteiger charge is -2.04. The van der Waals surface area contributed by atoms with Crippen molar-refractivity contribution in [1.29, 1.82) is 0 Å². The Balaban J connectivity index is 1.85. The summed E-state index contributed by atoms with van der Waals surface area (Å²) in [5.41, 5.74) is 1.20. The summed E-state index contributed by atoms with van der Waals surface area (Å²) in [6.45, 7) is 0. The summed E-state index contributed by atoms with van der Waals surface area (Å²) in [6.07, 6.45) is 0.820. The number of carbonyl (C=O) groups excluding carboxylic acids is 1. The van der Waals surface area contributed by atoms with Gasteiger partial charge < -0.3 is 4.98 Å². The Bertz CT molecular complexity index is 858. The van der Waals surface area contributed by atoms with Gasteiger partial charge in [0, 0.05) is 10.5 Å². The molecule has 1 heterocycles. The maximum absolute atomic E-state index is 12.0. The number of hydrogen-bond donors (Lipinski definition) is 1. The molecule has 0 aliphatic carbocycles. The third-order valence-electron chi connectivity index (χ3n) is 3.03. The number of aldehydes is 1. The van der Waals surface area contributed by atoms with Crippen LogP contribution < -0.4 is 5.56 Å². The van der Waals surface area contributed by atoms with Gasteiger partial charge in [-0.2, -0.15) is 0 Å². The van der Waals surface area contributed by atoms with E-state index in [9.17, 15) is 9.59 Å². The number of rotatable bonds is 4. The van der Waals surface area contributed by atoms with Crippen LogP contribution in [0.4, 0.5) is 0 Å². The molecule has 3 rings (SSSR count). The lowest BCUT2D eigenvalue weighted by atomic mass is 10.2. The third-order valence-corrected chi connectivity index (χ3v) is 4.04. The van der Waals surface area contributed by atoms with Gasteiger partial charge in [-0.3, -0.25) is 9.59 Å². The molecule has 5 heteroatoms. The number of carbonyl (C=O) groups is 1. The molecule has 1 N–H and O–H groups in total. The van der Waals surface area contributed by atoms with Crippen molar-refractivity contribution >= 4 is 29.0 Å². The summed E-state index contributed by atoms with van der Waals surface area (Å²) >= 11 is 1.53. The Morgan fingerprint density at radius 3 is 2.86 bits per heavy atom. The van der Waals surface area contributed by atoms with Gasteiger partial charge in [0.15, 0.2) is 0 Å². The summed E-state index contributed by atoms with van der Waals surface area (Å²) in [6, 6.07) is 14.6. The molecular formula is C16H12N2O2S. The van der Waals surface area contributed by atoms with E-state index in [0.717, 1.165) is 11.2 Å². The zero-order valence-corrected chi connectivity index (χ0v) is 11.9. The summed E-state index contributed by atoms with van der Waals surface area (Å²) in [5, 5.41) is 0.592. The summed E-state index contributed by atoms with van der Waals surface area (Å²) in [4.78, 5) is 30.9. The van der Waals surface area contributed by atoms with Crippen molar-refractivity contribution < 1.29 is 4.79 Å². The van der Waals surface area contributed by atoms with Crippen molar-refractivity contribution in [3.63, 3.8) is 0 Å². The first-order valence-corrected chi connectivity index (χ1v) is 7.41. The summed E-state index contributed by atoms with van der Waals surface area (Å²) in [7, 11) is 0. The molecule has 0 aliphatic heterocycles. The molecule has 0 bridgehead atoms. The first-order chi connectivity index (χ1) is 10.3. The van der Waals surface area contributed by atoms with Crippen LogP contribution in [0.15, 0.2) is 58.2 Å². The molecule has 2 aromatic carbocycles. The molecule has 0 aliphatic rings. The van der Waals surface area contributed by atoms with E-state index in [1.54, 1.807) is 12.1 Å². The average molecular weight is 296 g/mol. The summed E-state index contributed by atoms with van der Waals surface area (Å²) in [5.74, 6) is 1.17. The van der Waals surface area contributed by atoms with Crippen LogP contribution in [0, 0.1) is 0 Å². The molecule has 3 aromatic rings. The highest BCUT2D eigenvalue weighted by Gasteiger charge is 2.04. The van der Waals surface area contributed by atoms with Crippen LogP contribution in [0.25, 0.3) is 10.9 Å². The topological polar surface area (TPSA) is 62.8 Å². The minimum atomic E-state index is -0.127. The number of nitrogens with zero attached hydrogens (tertiary/aromatic N) is 1. The monoisotopic (exact) mass is 296 g/mol. The lowest BCUT2D eigenvalue weighted by molar-refractivity contribution is 0.112. The number of thioether (sulfide) groups is 1. The lowest BCUT2D eigenvalue weighted by Crippen LogP contribution is -2.11. The fourth-order valence-corrected chi connectivity index (χ4v) is 2.87. The molecule has 4 nitrogen and oxygen atoms in total. The van der Waals surface area contributed by atoms with Crippen molar-refractivity contribution in [2.24, 2.45) is 0 Å². The number of fused-ring (bicyclic) bond motifs is 1.